The third-order valence-electron chi connectivity index (χ3n) is 8.11. The smallest absolute Gasteiger partial charge is 0.107 e. The van der Waals surface area contributed by atoms with Crippen LogP contribution >= 0.6 is 0 Å². The summed E-state index contributed by atoms with van der Waals surface area (Å²) in [6.07, 6.45) is -2.38. The van der Waals surface area contributed by atoms with Crippen LogP contribution in [0.5, 0.6) is 0 Å². The molecule has 0 amide bonds. The quantitative estimate of drug-likeness (QED) is 0.0438. The molecule has 0 aliphatic heterocycles. The van der Waals surface area contributed by atoms with Gasteiger partial charge in [-0.15, -0.1) is 0 Å². The Morgan fingerprint density at radius 1 is 0.302 bits per heavy atom. The standard InChI is InChI=1S/C36H74O17/c1-5-31(29(41)25-37)49-21-17-45-13-9-43-11-15-47-19-23-51-33(7-3)35(27-39)53-36(28-40)34(8-4)52-24-20-48-16-12-44-10-14-46-18-22-50-32(6-2)30(42)26-38/h29-42H,5-28H2,1-4H3. The van der Waals surface area contributed by atoms with Crippen LogP contribution in [0, 0.1) is 0 Å². The zero-order chi connectivity index (χ0) is 39.4. The van der Waals surface area contributed by atoms with Gasteiger partial charge in [0, 0.05) is 0 Å². The van der Waals surface area contributed by atoms with Gasteiger partial charge in [-0.3, -0.25) is 0 Å². The lowest BCUT2D eigenvalue weighted by Gasteiger charge is -2.32. The van der Waals surface area contributed by atoms with Crippen LogP contribution in [0.3, 0.4) is 0 Å². The Morgan fingerprint density at radius 3 is 0.736 bits per heavy atom. The normalized spacial score (nSPS) is 16.6. The van der Waals surface area contributed by atoms with Gasteiger partial charge in [0.1, 0.15) is 24.4 Å². The highest BCUT2D eigenvalue weighted by Gasteiger charge is 2.29. The molecule has 0 bridgehead atoms. The van der Waals surface area contributed by atoms with E-state index in [1.165, 1.54) is 0 Å². The maximum Gasteiger partial charge on any atom is 0.107 e. The van der Waals surface area contributed by atoms with E-state index >= 15 is 0 Å². The van der Waals surface area contributed by atoms with Crippen molar-refractivity contribution in [2.75, 3.05) is 132 Å². The van der Waals surface area contributed by atoms with E-state index < -0.39 is 48.8 Å². The van der Waals surface area contributed by atoms with Crippen LogP contribution in [-0.2, 0) is 52.1 Å². The lowest BCUT2D eigenvalue weighted by molar-refractivity contribution is -0.171. The molecule has 0 aliphatic carbocycles. The molecule has 0 radical (unpaired) electrons. The van der Waals surface area contributed by atoms with E-state index in [4.69, 9.17) is 62.3 Å². The van der Waals surface area contributed by atoms with Crippen molar-refractivity contribution in [1.82, 2.24) is 0 Å². The second-order valence-electron chi connectivity index (χ2n) is 12.0. The van der Waals surface area contributed by atoms with Crippen molar-refractivity contribution in [2.45, 2.75) is 102 Å². The van der Waals surface area contributed by atoms with Crippen LogP contribution in [0.25, 0.3) is 0 Å². The van der Waals surface area contributed by atoms with Gasteiger partial charge in [-0.05, 0) is 25.7 Å². The molecule has 6 N–H and O–H groups in total. The van der Waals surface area contributed by atoms with E-state index in [1.54, 1.807) is 0 Å². The van der Waals surface area contributed by atoms with Crippen LogP contribution in [-0.4, -0.2) is 212 Å². The highest BCUT2D eigenvalue weighted by Crippen LogP contribution is 2.16. The van der Waals surface area contributed by atoms with E-state index in [-0.39, 0.29) is 26.4 Å². The molecule has 8 unspecified atom stereocenters. The minimum atomic E-state index is -0.895. The number of aliphatic hydroxyl groups is 6. The van der Waals surface area contributed by atoms with Gasteiger partial charge in [-0.1, -0.05) is 27.7 Å². The molecular formula is C36H74O17. The number of ether oxygens (including phenoxy) is 11. The van der Waals surface area contributed by atoms with Gasteiger partial charge in [0.05, 0.1) is 157 Å². The molecule has 0 heterocycles. The fraction of sp³-hybridized carbons (Fsp3) is 1.00. The fourth-order valence-electron chi connectivity index (χ4n) is 5.05. The highest BCUT2D eigenvalue weighted by atomic mass is 16.6. The molecule has 0 spiro atoms. The summed E-state index contributed by atoms with van der Waals surface area (Å²) in [6, 6.07) is 0. The minimum absolute atomic E-state index is 0.284. The van der Waals surface area contributed by atoms with E-state index in [9.17, 15) is 20.4 Å². The van der Waals surface area contributed by atoms with Gasteiger partial charge in [0.15, 0.2) is 0 Å². The molecule has 0 fully saturated rings. The number of rotatable bonds is 42. The molecule has 0 aliphatic rings. The predicted octanol–water partition coefficient (Wildman–Crippen LogP) is -0.288. The van der Waals surface area contributed by atoms with Gasteiger partial charge in [0.2, 0.25) is 0 Å². The Kier molecular flexibility index (Phi) is 37.7. The summed E-state index contributed by atoms with van der Waals surface area (Å²) in [7, 11) is 0. The van der Waals surface area contributed by atoms with Crippen LogP contribution in [0.1, 0.15) is 53.4 Å². The molecule has 0 saturated heterocycles. The SMILES string of the molecule is CCC(OCCOCCOCCOCCOC(CC)C(CO)OC(CO)C(CC)OCCOCCOCCOCCOC(CC)C(O)CO)C(O)CO. The molecule has 17 heteroatoms. The van der Waals surface area contributed by atoms with Crippen molar-refractivity contribution in [3.05, 3.63) is 0 Å². The van der Waals surface area contributed by atoms with Gasteiger partial charge < -0.3 is 82.7 Å². The summed E-state index contributed by atoms with van der Waals surface area (Å²) in [6.45, 7) is 12.1. The van der Waals surface area contributed by atoms with Crippen molar-refractivity contribution in [3.8, 4) is 0 Å². The first-order chi connectivity index (χ1) is 25.9. The minimum Gasteiger partial charge on any atom is -0.394 e. The molecule has 0 aromatic heterocycles. The largest absolute Gasteiger partial charge is 0.394 e. The Morgan fingerprint density at radius 2 is 0.528 bits per heavy atom. The predicted molar refractivity (Wildman–Crippen MR) is 194 cm³/mol. The molecule has 0 saturated carbocycles. The third-order valence-corrected chi connectivity index (χ3v) is 8.11. The van der Waals surface area contributed by atoms with Crippen molar-refractivity contribution in [1.29, 1.82) is 0 Å². The van der Waals surface area contributed by atoms with Gasteiger partial charge in [-0.25, -0.2) is 0 Å². The molecule has 17 nitrogen and oxygen atoms in total. The number of hydrogen-bond donors (Lipinski definition) is 6. The Labute approximate surface area is 317 Å². The number of hydrogen-bond acceptors (Lipinski definition) is 17. The van der Waals surface area contributed by atoms with Gasteiger partial charge >= 0.3 is 0 Å². The van der Waals surface area contributed by atoms with Gasteiger partial charge in [-0.2, -0.15) is 0 Å². The molecule has 53 heavy (non-hydrogen) atoms. The Bertz CT molecular complexity index is 684. The molecule has 0 aromatic rings. The Hall–Kier alpha value is -0.680. The third kappa shape index (κ3) is 27.5. The first kappa shape index (κ1) is 52.3. The van der Waals surface area contributed by atoms with E-state index in [2.05, 4.69) is 0 Å². The van der Waals surface area contributed by atoms with Crippen molar-refractivity contribution in [2.24, 2.45) is 0 Å². The molecular weight excluding hydrogens is 704 g/mol. The molecule has 8 atom stereocenters. The average molecular weight is 779 g/mol. The van der Waals surface area contributed by atoms with E-state index in [0.717, 1.165) is 0 Å². The lowest BCUT2D eigenvalue weighted by atomic mass is 10.1. The summed E-state index contributed by atoms with van der Waals surface area (Å²) < 4.78 is 62.0. The first-order valence-corrected chi connectivity index (χ1v) is 19.2. The lowest BCUT2D eigenvalue weighted by Crippen LogP contribution is -2.44. The fourth-order valence-corrected chi connectivity index (χ4v) is 5.05. The average Bonchev–Trinajstić information content (AvgIpc) is 3.18. The topological polar surface area (TPSA) is 223 Å². The zero-order valence-corrected chi connectivity index (χ0v) is 32.8. The van der Waals surface area contributed by atoms with Gasteiger partial charge in [0.25, 0.3) is 0 Å². The zero-order valence-electron chi connectivity index (χ0n) is 32.8. The van der Waals surface area contributed by atoms with Crippen LogP contribution in [0.2, 0.25) is 0 Å². The molecule has 320 valence electrons. The monoisotopic (exact) mass is 778 g/mol. The summed E-state index contributed by atoms with van der Waals surface area (Å²) >= 11 is 0. The second kappa shape index (κ2) is 38.2. The first-order valence-electron chi connectivity index (χ1n) is 19.2. The maximum atomic E-state index is 10.1. The second-order valence-corrected chi connectivity index (χ2v) is 12.0. The van der Waals surface area contributed by atoms with Crippen molar-refractivity contribution >= 4 is 0 Å². The van der Waals surface area contributed by atoms with Crippen molar-refractivity contribution < 1.29 is 82.7 Å². The molecule has 0 rings (SSSR count). The summed E-state index contributed by atoms with van der Waals surface area (Å²) in [5, 5.41) is 57.4. The van der Waals surface area contributed by atoms with Crippen LogP contribution in [0.4, 0.5) is 0 Å². The summed E-state index contributed by atoms with van der Waals surface area (Å²) in [5.74, 6) is 0. The maximum absolute atomic E-state index is 10.1. The van der Waals surface area contributed by atoms with E-state index in [1.807, 2.05) is 27.7 Å². The summed E-state index contributed by atoms with van der Waals surface area (Å²) in [4.78, 5) is 0. The Balaban J connectivity index is 4.04. The highest BCUT2D eigenvalue weighted by molar-refractivity contribution is 4.76. The van der Waals surface area contributed by atoms with Crippen LogP contribution < -0.4 is 0 Å². The van der Waals surface area contributed by atoms with Crippen molar-refractivity contribution in [3.63, 3.8) is 0 Å². The summed E-state index contributed by atoms with van der Waals surface area (Å²) in [5.41, 5.74) is 0. The van der Waals surface area contributed by atoms with Crippen LogP contribution in [0.15, 0.2) is 0 Å². The molecule has 0 aromatic carbocycles. The number of aliphatic hydroxyl groups excluding tert-OH is 6. The van der Waals surface area contributed by atoms with E-state index in [0.29, 0.717) is 131 Å².